The Hall–Kier alpha value is -2.61. The highest BCUT2D eigenvalue weighted by Crippen LogP contribution is 2.27. The van der Waals surface area contributed by atoms with Crippen molar-refractivity contribution >= 4 is 56.5 Å². The van der Waals surface area contributed by atoms with E-state index in [1.165, 1.54) is 27.7 Å². The van der Waals surface area contributed by atoms with Crippen molar-refractivity contribution in [3.05, 3.63) is 80.9 Å². The zero-order valence-electron chi connectivity index (χ0n) is 15.4. The number of anilines is 1. The molecule has 0 bridgehead atoms. The second-order valence-electron chi connectivity index (χ2n) is 6.32. The molecule has 0 saturated carbocycles. The highest BCUT2D eigenvalue weighted by molar-refractivity contribution is 7.99. The Kier molecular flexibility index (Phi) is 5.71. The molecule has 0 aliphatic carbocycles. The molecular formula is C21H16ClN3O2S2. The number of hydrogen-bond donors (Lipinski definition) is 1. The summed E-state index contributed by atoms with van der Waals surface area (Å²) in [5.41, 5.74) is 2.81. The molecule has 1 amide bonds. The van der Waals surface area contributed by atoms with Crippen molar-refractivity contribution in [2.24, 2.45) is 0 Å². The number of rotatable bonds is 5. The predicted octanol–water partition coefficient (Wildman–Crippen LogP) is 5.14. The maximum atomic E-state index is 13.1. The fraction of sp³-hybridized carbons (Fsp3) is 0.0952. The summed E-state index contributed by atoms with van der Waals surface area (Å²) in [5.74, 6) is -0.0651. The van der Waals surface area contributed by atoms with Crippen molar-refractivity contribution < 1.29 is 4.79 Å². The van der Waals surface area contributed by atoms with Gasteiger partial charge in [0.25, 0.3) is 5.56 Å². The fourth-order valence-electron chi connectivity index (χ4n) is 2.80. The SMILES string of the molecule is Cc1ccc(NC(=O)CSc2nc3ccsc3c(=O)n2-c2ccccc2Cl)cc1. The number of thiophene rings is 1. The highest BCUT2D eigenvalue weighted by atomic mass is 35.5. The standard InChI is InChI=1S/C21H16ClN3O2S2/c1-13-6-8-14(9-7-13)23-18(26)12-29-21-24-16-10-11-28-19(16)20(27)25(21)17-5-3-2-4-15(17)22/h2-11H,12H2,1H3,(H,23,26). The normalized spacial score (nSPS) is 11.0. The molecule has 0 fully saturated rings. The molecule has 2 heterocycles. The number of para-hydroxylation sites is 1. The van der Waals surface area contributed by atoms with E-state index in [2.05, 4.69) is 10.3 Å². The van der Waals surface area contributed by atoms with Gasteiger partial charge in [-0.3, -0.25) is 14.2 Å². The number of nitrogens with one attached hydrogen (secondary N) is 1. The van der Waals surface area contributed by atoms with Gasteiger partial charge in [0.15, 0.2) is 5.16 Å². The maximum Gasteiger partial charge on any atom is 0.276 e. The third-order valence-corrected chi connectivity index (χ3v) is 6.36. The number of hydrogen-bond acceptors (Lipinski definition) is 5. The Morgan fingerprint density at radius 3 is 2.69 bits per heavy atom. The predicted molar refractivity (Wildman–Crippen MR) is 121 cm³/mol. The van der Waals surface area contributed by atoms with Crippen molar-refractivity contribution in [3.63, 3.8) is 0 Å². The molecular weight excluding hydrogens is 426 g/mol. The van der Waals surface area contributed by atoms with E-state index in [4.69, 9.17) is 11.6 Å². The number of carbonyl (C=O) groups excluding carboxylic acids is 1. The molecule has 2 aromatic heterocycles. The Morgan fingerprint density at radius 1 is 1.17 bits per heavy atom. The smallest absolute Gasteiger partial charge is 0.276 e. The van der Waals surface area contributed by atoms with Gasteiger partial charge in [-0.1, -0.05) is 53.2 Å². The molecule has 0 radical (unpaired) electrons. The molecule has 146 valence electrons. The van der Waals surface area contributed by atoms with Crippen LogP contribution >= 0.6 is 34.7 Å². The minimum absolute atomic E-state index is 0.112. The first kappa shape index (κ1) is 19.7. The van der Waals surface area contributed by atoms with Crippen LogP contribution in [0.1, 0.15) is 5.56 Å². The number of nitrogens with zero attached hydrogens (tertiary/aromatic N) is 2. The number of benzene rings is 2. The van der Waals surface area contributed by atoms with Crippen molar-refractivity contribution in [1.82, 2.24) is 9.55 Å². The van der Waals surface area contributed by atoms with E-state index in [9.17, 15) is 9.59 Å². The number of fused-ring (bicyclic) bond motifs is 1. The first-order valence-electron chi connectivity index (χ1n) is 8.77. The quantitative estimate of drug-likeness (QED) is 0.344. The Bertz CT molecular complexity index is 1250. The maximum absolute atomic E-state index is 13.1. The van der Waals surface area contributed by atoms with Gasteiger partial charge >= 0.3 is 0 Å². The molecule has 5 nitrogen and oxygen atoms in total. The van der Waals surface area contributed by atoms with Crippen LogP contribution in [0.25, 0.3) is 15.9 Å². The van der Waals surface area contributed by atoms with Gasteiger partial charge in [0.2, 0.25) is 5.91 Å². The number of carbonyl (C=O) groups is 1. The summed E-state index contributed by atoms with van der Waals surface area (Å²) in [4.78, 5) is 30.1. The number of thioether (sulfide) groups is 1. The van der Waals surface area contributed by atoms with Crippen LogP contribution in [0.15, 0.2) is 69.9 Å². The lowest BCUT2D eigenvalue weighted by atomic mass is 10.2. The van der Waals surface area contributed by atoms with Crippen LogP contribution < -0.4 is 10.9 Å². The number of aromatic nitrogens is 2. The molecule has 1 N–H and O–H groups in total. The van der Waals surface area contributed by atoms with Crippen LogP contribution in [0.3, 0.4) is 0 Å². The summed E-state index contributed by atoms with van der Waals surface area (Å²) in [7, 11) is 0. The summed E-state index contributed by atoms with van der Waals surface area (Å²) in [6.45, 7) is 1.99. The van der Waals surface area contributed by atoms with E-state index >= 15 is 0 Å². The zero-order valence-corrected chi connectivity index (χ0v) is 17.8. The second kappa shape index (κ2) is 8.41. The molecule has 4 rings (SSSR count). The summed E-state index contributed by atoms with van der Waals surface area (Å²) in [5, 5.41) is 5.55. The van der Waals surface area contributed by atoms with Crippen molar-refractivity contribution in [2.45, 2.75) is 12.1 Å². The molecule has 2 aromatic carbocycles. The molecule has 0 aliphatic rings. The van der Waals surface area contributed by atoms with Crippen LogP contribution in [0.2, 0.25) is 5.02 Å². The van der Waals surface area contributed by atoms with Crippen LogP contribution in [-0.2, 0) is 4.79 Å². The first-order chi connectivity index (χ1) is 14.0. The summed E-state index contributed by atoms with van der Waals surface area (Å²) in [6, 6.07) is 16.5. The topological polar surface area (TPSA) is 64.0 Å². The van der Waals surface area contributed by atoms with Crippen LogP contribution in [0, 0.1) is 6.92 Å². The third-order valence-electron chi connectivity index (χ3n) is 4.21. The molecule has 0 spiro atoms. The largest absolute Gasteiger partial charge is 0.325 e. The Balaban J connectivity index is 1.65. The van der Waals surface area contributed by atoms with Crippen molar-refractivity contribution in [3.8, 4) is 5.69 Å². The zero-order chi connectivity index (χ0) is 20.4. The van der Waals surface area contributed by atoms with Gasteiger partial charge in [-0.2, -0.15) is 0 Å². The van der Waals surface area contributed by atoms with Gasteiger partial charge in [0.1, 0.15) is 4.70 Å². The number of aryl methyl sites for hydroxylation is 1. The summed E-state index contributed by atoms with van der Waals surface area (Å²) < 4.78 is 2.03. The van der Waals surface area contributed by atoms with Gasteiger partial charge in [-0.15, -0.1) is 11.3 Å². The lowest BCUT2D eigenvalue weighted by molar-refractivity contribution is -0.113. The van der Waals surface area contributed by atoms with Crippen molar-refractivity contribution in [1.29, 1.82) is 0 Å². The summed E-state index contributed by atoms with van der Waals surface area (Å²) >= 11 is 8.87. The van der Waals surface area contributed by atoms with Gasteiger partial charge in [0.05, 0.1) is 22.0 Å². The molecule has 0 atom stereocenters. The fourth-order valence-corrected chi connectivity index (χ4v) is 4.58. The lowest BCUT2D eigenvalue weighted by Gasteiger charge is -2.13. The molecule has 8 heteroatoms. The molecule has 0 aliphatic heterocycles. The monoisotopic (exact) mass is 441 g/mol. The molecule has 4 aromatic rings. The average Bonchev–Trinajstić information content (AvgIpc) is 3.18. The van der Waals surface area contributed by atoms with Crippen molar-refractivity contribution in [2.75, 3.05) is 11.1 Å². The van der Waals surface area contributed by atoms with E-state index in [0.29, 0.717) is 26.1 Å². The van der Waals surface area contributed by atoms with E-state index in [1.807, 2.05) is 42.6 Å². The first-order valence-corrected chi connectivity index (χ1v) is 11.0. The van der Waals surface area contributed by atoms with E-state index in [1.54, 1.807) is 24.3 Å². The van der Waals surface area contributed by atoms with E-state index in [0.717, 1.165) is 11.3 Å². The minimum atomic E-state index is -0.195. The van der Waals surface area contributed by atoms with E-state index < -0.39 is 0 Å². The number of halogens is 1. The highest BCUT2D eigenvalue weighted by Gasteiger charge is 2.17. The molecule has 29 heavy (non-hydrogen) atoms. The second-order valence-corrected chi connectivity index (χ2v) is 8.59. The lowest BCUT2D eigenvalue weighted by Crippen LogP contribution is -2.22. The van der Waals surface area contributed by atoms with Gasteiger partial charge in [-0.25, -0.2) is 4.98 Å². The molecule has 0 unspecified atom stereocenters. The minimum Gasteiger partial charge on any atom is -0.325 e. The van der Waals surface area contributed by atoms with Crippen LogP contribution in [-0.4, -0.2) is 21.2 Å². The summed E-state index contributed by atoms with van der Waals surface area (Å²) in [6.07, 6.45) is 0. The average molecular weight is 442 g/mol. The van der Waals surface area contributed by atoms with Gasteiger partial charge < -0.3 is 5.32 Å². The van der Waals surface area contributed by atoms with Crippen LogP contribution in [0.4, 0.5) is 5.69 Å². The van der Waals surface area contributed by atoms with Gasteiger partial charge in [0, 0.05) is 5.69 Å². The Morgan fingerprint density at radius 2 is 1.93 bits per heavy atom. The Labute approximate surface area is 180 Å². The van der Waals surface area contributed by atoms with Gasteiger partial charge in [-0.05, 0) is 42.6 Å². The third kappa shape index (κ3) is 4.22. The van der Waals surface area contributed by atoms with Crippen LogP contribution in [0.5, 0.6) is 0 Å². The number of amides is 1. The molecule has 0 saturated heterocycles. The van der Waals surface area contributed by atoms with E-state index in [-0.39, 0.29) is 17.2 Å².